The summed E-state index contributed by atoms with van der Waals surface area (Å²) < 4.78 is 5.02. The number of thioether (sulfide) groups is 1. The summed E-state index contributed by atoms with van der Waals surface area (Å²) in [5.41, 5.74) is 0.223. The summed E-state index contributed by atoms with van der Waals surface area (Å²) in [6.45, 7) is 0. The number of ether oxygens (including phenoxy) is 1. The fraction of sp³-hybridized carbons (Fsp3) is 0.154. The number of methoxy groups -OCH3 is 1. The number of aromatic nitrogens is 2. The molecule has 2 N–H and O–H groups in total. The van der Waals surface area contributed by atoms with Gasteiger partial charge in [-0.1, -0.05) is 11.8 Å². The van der Waals surface area contributed by atoms with Crippen LogP contribution in [-0.4, -0.2) is 28.4 Å². The number of hydrogen-bond acceptors (Lipinski definition) is 6. The van der Waals surface area contributed by atoms with Crippen molar-refractivity contribution in [3.05, 3.63) is 34.1 Å². The minimum absolute atomic E-state index is 0.0234. The van der Waals surface area contributed by atoms with E-state index in [1.807, 2.05) is 6.07 Å². The fourth-order valence-corrected chi connectivity index (χ4v) is 2.06. The molecule has 6 nitrogen and oxygen atoms in total. The lowest BCUT2D eigenvalue weighted by atomic mass is 10.1. The van der Waals surface area contributed by atoms with E-state index in [1.165, 1.54) is 31.0 Å². The summed E-state index contributed by atoms with van der Waals surface area (Å²) in [5, 5.41) is 19.1. The van der Waals surface area contributed by atoms with Crippen molar-refractivity contribution in [1.29, 1.82) is 5.26 Å². The first-order chi connectivity index (χ1) is 9.60. The Bertz CT molecular complexity index is 750. The number of aromatic amines is 1. The van der Waals surface area contributed by atoms with Gasteiger partial charge in [-0.15, -0.1) is 0 Å². The van der Waals surface area contributed by atoms with E-state index in [0.717, 1.165) is 0 Å². The smallest absolute Gasteiger partial charge is 0.270 e. The minimum atomic E-state index is -0.492. The topological polar surface area (TPSA) is 99.0 Å². The molecule has 0 aliphatic heterocycles. The second-order valence-corrected chi connectivity index (χ2v) is 4.59. The molecule has 0 spiro atoms. The van der Waals surface area contributed by atoms with Gasteiger partial charge in [0.2, 0.25) is 0 Å². The standard InChI is InChI=1S/C13H11N3O3S/c1-19-10-5-7(3-4-9(10)17)11-8(6-14)12(18)16-13(15-11)20-2/h3-5,17H,1-2H3,(H,15,16,18). The zero-order valence-corrected chi connectivity index (χ0v) is 11.6. The Balaban J connectivity index is 2.71. The van der Waals surface area contributed by atoms with E-state index < -0.39 is 5.56 Å². The number of rotatable bonds is 3. The zero-order valence-electron chi connectivity index (χ0n) is 10.8. The van der Waals surface area contributed by atoms with Crippen LogP contribution in [0.1, 0.15) is 5.56 Å². The van der Waals surface area contributed by atoms with Gasteiger partial charge in [-0.05, 0) is 24.5 Å². The van der Waals surface area contributed by atoms with Crippen LogP contribution in [0.25, 0.3) is 11.3 Å². The van der Waals surface area contributed by atoms with E-state index in [4.69, 9.17) is 10.00 Å². The number of nitrogens with zero attached hydrogens (tertiary/aromatic N) is 2. The lowest BCUT2D eigenvalue weighted by molar-refractivity contribution is 0.373. The first-order valence-electron chi connectivity index (χ1n) is 5.56. The molecular formula is C13H11N3O3S. The molecule has 7 heteroatoms. The summed E-state index contributed by atoms with van der Waals surface area (Å²) in [6, 6.07) is 6.38. The Morgan fingerprint density at radius 1 is 1.50 bits per heavy atom. The van der Waals surface area contributed by atoms with Gasteiger partial charge in [0.25, 0.3) is 5.56 Å². The third-order valence-electron chi connectivity index (χ3n) is 2.66. The van der Waals surface area contributed by atoms with Gasteiger partial charge in [0, 0.05) is 5.56 Å². The third-order valence-corrected chi connectivity index (χ3v) is 3.24. The number of nitrogens with one attached hydrogen (secondary N) is 1. The van der Waals surface area contributed by atoms with Crippen LogP contribution in [0.2, 0.25) is 0 Å². The highest BCUT2D eigenvalue weighted by atomic mass is 32.2. The van der Waals surface area contributed by atoms with Gasteiger partial charge in [0.05, 0.1) is 12.8 Å². The molecule has 1 heterocycles. The van der Waals surface area contributed by atoms with Gasteiger partial charge in [0.15, 0.2) is 16.7 Å². The Hall–Kier alpha value is -2.46. The monoisotopic (exact) mass is 289 g/mol. The van der Waals surface area contributed by atoms with Crippen molar-refractivity contribution in [3.8, 4) is 28.8 Å². The highest BCUT2D eigenvalue weighted by Gasteiger charge is 2.14. The first-order valence-corrected chi connectivity index (χ1v) is 6.79. The van der Waals surface area contributed by atoms with Crippen LogP contribution in [0, 0.1) is 11.3 Å². The second-order valence-electron chi connectivity index (χ2n) is 3.80. The number of phenols is 1. The number of aromatic hydroxyl groups is 1. The second kappa shape index (κ2) is 5.67. The average molecular weight is 289 g/mol. The van der Waals surface area contributed by atoms with E-state index >= 15 is 0 Å². The number of H-pyrrole nitrogens is 1. The molecule has 102 valence electrons. The van der Waals surface area contributed by atoms with Gasteiger partial charge < -0.3 is 14.8 Å². The quantitative estimate of drug-likeness (QED) is 0.659. The van der Waals surface area contributed by atoms with Crippen LogP contribution >= 0.6 is 11.8 Å². The molecular weight excluding hydrogens is 278 g/mol. The molecule has 0 fully saturated rings. The number of nitriles is 1. The molecule has 0 aliphatic rings. The molecule has 0 saturated carbocycles. The summed E-state index contributed by atoms with van der Waals surface area (Å²) in [5.74, 6) is 0.226. The maximum absolute atomic E-state index is 11.8. The maximum Gasteiger partial charge on any atom is 0.270 e. The van der Waals surface area contributed by atoms with E-state index in [0.29, 0.717) is 10.7 Å². The summed E-state index contributed by atoms with van der Waals surface area (Å²) in [7, 11) is 1.42. The highest BCUT2D eigenvalue weighted by molar-refractivity contribution is 7.98. The van der Waals surface area contributed by atoms with Crippen LogP contribution in [0.3, 0.4) is 0 Å². The van der Waals surface area contributed by atoms with Gasteiger partial charge in [-0.25, -0.2) is 4.98 Å². The number of benzene rings is 1. The predicted molar refractivity (Wildman–Crippen MR) is 75.0 cm³/mol. The predicted octanol–water partition coefficient (Wildman–Crippen LogP) is 1.74. The Morgan fingerprint density at radius 2 is 2.25 bits per heavy atom. The molecule has 0 aliphatic carbocycles. The molecule has 1 aromatic carbocycles. The van der Waals surface area contributed by atoms with Crippen LogP contribution in [0.4, 0.5) is 0 Å². The Labute approximate surface area is 119 Å². The maximum atomic E-state index is 11.8. The van der Waals surface area contributed by atoms with Crippen molar-refractivity contribution in [2.45, 2.75) is 5.16 Å². The highest BCUT2D eigenvalue weighted by Crippen LogP contribution is 2.31. The lowest BCUT2D eigenvalue weighted by Crippen LogP contribution is -2.14. The third kappa shape index (κ3) is 2.46. The Morgan fingerprint density at radius 3 is 2.85 bits per heavy atom. The molecule has 0 amide bonds. The van der Waals surface area contributed by atoms with Crippen molar-refractivity contribution >= 4 is 11.8 Å². The zero-order chi connectivity index (χ0) is 14.7. The van der Waals surface area contributed by atoms with Gasteiger partial charge in [-0.3, -0.25) is 4.79 Å². The molecule has 0 unspecified atom stereocenters. The van der Waals surface area contributed by atoms with Gasteiger partial charge in [0.1, 0.15) is 11.6 Å². The molecule has 2 rings (SSSR count). The van der Waals surface area contributed by atoms with Crippen molar-refractivity contribution in [1.82, 2.24) is 9.97 Å². The molecule has 20 heavy (non-hydrogen) atoms. The van der Waals surface area contributed by atoms with Gasteiger partial charge >= 0.3 is 0 Å². The fourth-order valence-electron chi connectivity index (χ4n) is 1.69. The van der Waals surface area contributed by atoms with Crippen LogP contribution in [0.5, 0.6) is 11.5 Å². The summed E-state index contributed by atoms with van der Waals surface area (Å²) in [4.78, 5) is 18.6. The van der Waals surface area contributed by atoms with E-state index in [1.54, 1.807) is 12.3 Å². The Kier molecular flexibility index (Phi) is 3.96. The van der Waals surface area contributed by atoms with Crippen LogP contribution in [-0.2, 0) is 0 Å². The van der Waals surface area contributed by atoms with Crippen molar-refractivity contribution in [3.63, 3.8) is 0 Å². The molecule has 0 saturated heterocycles. The van der Waals surface area contributed by atoms with Gasteiger partial charge in [-0.2, -0.15) is 5.26 Å². The average Bonchev–Trinajstić information content (AvgIpc) is 2.46. The van der Waals surface area contributed by atoms with E-state index in [-0.39, 0.29) is 22.8 Å². The first kappa shape index (κ1) is 14.0. The van der Waals surface area contributed by atoms with Crippen molar-refractivity contribution in [2.75, 3.05) is 13.4 Å². The number of phenolic OH excluding ortho intramolecular Hbond substituents is 1. The number of hydrogen-bond donors (Lipinski definition) is 2. The summed E-state index contributed by atoms with van der Waals surface area (Å²) >= 11 is 1.27. The molecule has 2 aromatic rings. The van der Waals surface area contributed by atoms with E-state index in [2.05, 4.69) is 9.97 Å². The minimum Gasteiger partial charge on any atom is -0.504 e. The molecule has 0 radical (unpaired) electrons. The lowest BCUT2D eigenvalue weighted by Gasteiger charge is -2.08. The molecule has 0 atom stereocenters. The van der Waals surface area contributed by atoms with Crippen LogP contribution in [0.15, 0.2) is 28.2 Å². The molecule has 0 bridgehead atoms. The summed E-state index contributed by atoms with van der Waals surface area (Å²) in [6.07, 6.45) is 1.77. The normalized spacial score (nSPS) is 10.1. The van der Waals surface area contributed by atoms with Crippen LogP contribution < -0.4 is 10.3 Å². The molecule has 1 aromatic heterocycles. The largest absolute Gasteiger partial charge is 0.504 e. The SMILES string of the molecule is COc1cc(-c2nc(SC)[nH]c(=O)c2C#N)ccc1O. The van der Waals surface area contributed by atoms with E-state index in [9.17, 15) is 9.90 Å². The van der Waals surface area contributed by atoms with Crippen molar-refractivity contribution < 1.29 is 9.84 Å². The van der Waals surface area contributed by atoms with Crippen molar-refractivity contribution in [2.24, 2.45) is 0 Å².